The van der Waals surface area contributed by atoms with Gasteiger partial charge in [-0.25, -0.2) is 0 Å². The highest BCUT2D eigenvalue weighted by Crippen LogP contribution is 2.20. The lowest BCUT2D eigenvalue weighted by Crippen LogP contribution is -2.44. The van der Waals surface area contributed by atoms with Crippen LogP contribution in [0.25, 0.3) is 0 Å². The van der Waals surface area contributed by atoms with Gasteiger partial charge in [-0.2, -0.15) is 0 Å². The van der Waals surface area contributed by atoms with Crippen LogP contribution in [0, 0.1) is 5.92 Å². The first kappa shape index (κ1) is 18.6. The van der Waals surface area contributed by atoms with Crippen molar-refractivity contribution >= 4 is 11.8 Å². The summed E-state index contributed by atoms with van der Waals surface area (Å²) in [5.74, 6) is 0.164. The summed E-state index contributed by atoms with van der Waals surface area (Å²) in [4.78, 5) is 26.4. The minimum absolute atomic E-state index is 0.00750. The summed E-state index contributed by atoms with van der Waals surface area (Å²) >= 11 is 0. The first-order chi connectivity index (χ1) is 11.6. The second-order valence-corrected chi connectivity index (χ2v) is 6.84. The third kappa shape index (κ3) is 5.39. The van der Waals surface area contributed by atoms with Crippen molar-refractivity contribution in [1.29, 1.82) is 0 Å². The minimum atomic E-state index is -0.00750. The number of carbonyl (C=O) groups excluding carboxylic acids is 2. The van der Waals surface area contributed by atoms with Crippen LogP contribution in [0.2, 0.25) is 0 Å². The Hall–Kier alpha value is -1.78. The lowest BCUT2D eigenvalue weighted by atomic mass is 9.95. The predicted octanol–water partition coefficient (Wildman–Crippen LogP) is 3.61. The lowest BCUT2D eigenvalue weighted by molar-refractivity contribution is -0.126. The highest BCUT2D eigenvalue weighted by atomic mass is 16.3. The maximum atomic E-state index is 12.4. The summed E-state index contributed by atoms with van der Waals surface area (Å²) in [7, 11) is 0. The molecule has 134 valence electrons. The molecular formula is C19H30N2O3. The van der Waals surface area contributed by atoms with E-state index in [9.17, 15) is 9.59 Å². The van der Waals surface area contributed by atoms with Crippen molar-refractivity contribution in [3.8, 4) is 0 Å². The van der Waals surface area contributed by atoms with Crippen LogP contribution in [0.15, 0.2) is 23.0 Å². The Morgan fingerprint density at radius 1 is 1.29 bits per heavy atom. The molecule has 0 saturated carbocycles. The molecule has 1 aliphatic rings. The number of nitrogens with one attached hydrogen (secondary N) is 1. The van der Waals surface area contributed by atoms with Crippen molar-refractivity contribution in [2.75, 3.05) is 13.1 Å². The van der Waals surface area contributed by atoms with Crippen molar-refractivity contribution in [2.24, 2.45) is 5.92 Å². The van der Waals surface area contributed by atoms with Crippen LogP contribution >= 0.6 is 0 Å². The second-order valence-electron chi connectivity index (χ2n) is 6.84. The number of furan rings is 1. The van der Waals surface area contributed by atoms with Gasteiger partial charge < -0.3 is 14.6 Å². The van der Waals surface area contributed by atoms with Gasteiger partial charge in [0, 0.05) is 25.0 Å². The Labute approximate surface area is 144 Å². The normalized spacial score (nSPS) is 16.8. The van der Waals surface area contributed by atoms with Crippen molar-refractivity contribution in [3.05, 3.63) is 24.2 Å². The van der Waals surface area contributed by atoms with Crippen molar-refractivity contribution in [1.82, 2.24) is 10.2 Å². The van der Waals surface area contributed by atoms with E-state index in [4.69, 9.17) is 4.42 Å². The fraction of sp³-hybridized carbons (Fsp3) is 0.684. The molecule has 0 radical (unpaired) electrons. The van der Waals surface area contributed by atoms with Gasteiger partial charge in [0.1, 0.15) is 6.26 Å². The molecule has 24 heavy (non-hydrogen) atoms. The topological polar surface area (TPSA) is 62.6 Å². The summed E-state index contributed by atoms with van der Waals surface area (Å²) in [6.07, 6.45) is 10.4. The molecule has 1 N–H and O–H groups in total. The number of hydrogen-bond acceptors (Lipinski definition) is 3. The number of unbranched alkanes of at least 4 members (excludes halogenated alkanes) is 3. The molecule has 0 spiro atoms. The lowest BCUT2D eigenvalue weighted by Gasteiger charge is -2.31. The van der Waals surface area contributed by atoms with E-state index in [0.717, 1.165) is 19.3 Å². The number of nitrogens with zero attached hydrogens (tertiary/aromatic N) is 1. The number of amides is 2. The Bertz CT molecular complexity index is 505. The summed E-state index contributed by atoms with van der Waals surface area (Å²) < 4.78 is 4.97. The van der Waals surface area contributed by atoms with E-state index in [2.05, 4.69) is 19.2 Å². The standard InChI is InChI=1S/C19H30N2O3/c1-3-4-5-6-7-15(2)20-18(22)16-8-11-21(12-9-16)19(23)17-10-13-24-14-17/h10,13-16H,3-9,11-12H2,1-2H3,(H,20,22). The maximum Gasteiger partial charge on any atom is 0.257 e. The molecule has 2 rings (SSSR count). The van der Waals surface area contributed by atoms with Crippen molar-refractivity contribution < 1.29 is 14.0 Å². The smallest absolute Gasteiger partial charge is 0.257 e. The van der Waals surface area contributed by atoms with E-state index < -0.39 is 0 Å². The van der Waals surface area contributed by atoms with E-state index in [1.54, 1.807) is 6.07 Å². The zero-order valence-corrected chi connectivity index (χ0v) is 14.9. The molecule has 5 nitrogen and oxygen atoms in total. The van der Waals surface area contributed by atoms with Gasteiger partial charge in [0.25, 0.3) is 5.91 Å². The average Bonchev–Trinajstić information content (AvgIpc) is 3.13. The summed E-state index contributed by atoms with van der Waals surface area (Å²) in [6, 6.07) is 1.92. The second kappa shape index (κ2) is 9.50. The van der Waals surface area contributed by atoms with E-state index >= 15 is 0 Å². The zero-order valence-electron chi connectivity index (χ0n) is 14.9. The monoisotopic (exact) mass is 334 g/mol. The number of hydrogen-bond donors (Lipinski definition) is 1. The van der Waals surface area contributed by atoms with E-state index in [1.807, 2.05) is 4.90 Å². The van der Waals surface area contributed by atoms with Gasteiger partial charge in [0.05, 0.1) is 11.8 Å². The first-order valence-corrected chi connectivity index (χ1v) is 9.23. The van der Waals surface area contributed by atoms with Crippen LogP contribution in [0.3, 0.4) is 0 Å². The van der Waals surface area contributed by atoms with Gasteiger partial charge >= 0.3 is 0 Å². The molecular weight excluding hydrogens is 304 g/mol. The fourth-order valence-electron chi connectivity index (χ4n) is 3.22. The Kier molecular flexibility index (Phi) is 7.35. The Morgan fingerprint density at radius 3 is 2.67 bits per heavy atom. The molecule has 1 atom stereocenters. The zero-order chi connectivity index (χ0) is 17.4. The largest absolute Gasteiger partial charge is 0.472 e. The molecule has 0 aliphatic carbocycles. The minimum Gasteiger partial charge on any atom is -0.472 e. The van der Waals surface area contributed by atoms with Gasteiger partial charge in [-0.15, -0.1) is 0 Å². The molecule has 0 aromatic carbocycles. The van der Waals surface area contributed by atoms with Gasteiger partial charge in [0.2, 0.25) is 5.91 Å². The molecule has 1 aromatic heterocycles. The van der Waals surface area contributed by atoms with Crippen LogP contribution in [0.5, 0.6) is 0 Å². The van der Waals surface area contributed by atoms with Gasteiger partial charge in [-0.1, -0.05) is 32.6 Å². The van der Waals surface area contributed by atoms with Crippen LogP contribution < -0.4 is 5.32 Å². The quantitative estimate of drug-likeness (QED) is 0.739. The summed E-state index contributed by atoms with van der Waals surface area (Å²) in [5, 5.41) is 3.14. The van der Waals surface area contributed by atoms with Crippen LogP contribution in [0.4, 0.5) is 0 Å². The van der Waals surface area contributed by atoms with E-state index in [0.29, 0.717) is 18.7 Å². The Morgan fingerprint density at radius 2 is 2.04 bits per heavy atom. The summed E-state index contributed by atoms with van der Waals surface area (Å²) in [6.45, 7) is 5.55. The SMILES string of the molecule is CCCCCCC(C)NC(=O)C1CCN(C(=O)c2ccoc2)CC1. The fourth-order valence-corrected chi connectivity index (χ4v) is 3.22. The molecule has 2 amide bonds. The molecule has 5 heteroatoms. The molecule has 1 saturated heterocycles. The third-order valence-corrected chi connectivity index (χ3v) is 4.80. The molecule has 1 aromatic rings. The molecule has 1 fully saturated rings. The van der Waals surface area contributed by atoms with Crippen molar-refractivity contribution in [3.63, 3.8) is 0 Å². The van der Waals surface area contributed by atoms with E-state index in [1.165, 1.54) is 38.2 Å². The van der Waals surface area contributed by atoms with Gasteiger partial charge in [-0.3, -0.25) is 9.59 Å². The molecule has 1 unspecified atom stereocenters. The highest BCUT2D eigenvalue weighted by Gasteiger charge is 2.28. The molecule has 2 heterocycles. The molecule has 0 bridgehead atoms. The van der Waals surface area contributed by atoms with Crippen LogP contribution in [0.1, 0.15) is 69.2 Å². The van der Waals surface area contributed by atoms with Crippen LogP contribution in [-0.2, 0) is 4.79 Å². The number of piperidine rings is 1. The average molecular weight is 334 g/mol. The summed E-state index contributed by atoms with van der Waals surface area (Å²) in [5.41, 5.74) is 0.582. The Balaban J connectivity index is 1.69. The number of rotatable bonds is 8. The predicted molar refractivity (Wildman–Crippen MR) is 93.7 cm³/mol. The number of carbonyl (C=O) groups is 2. The van der Waals surface area contributed by atoms with Crippen molar-refractivity contribution in [2.45, 2.75) is 64.8 Å². The maximum absolute atomic E-state index is 12.4. The molecule has 1 aliphatic heterocycles. The van der Waals surface area contributed by atoms with Crippen LogP contribution in [-0.4, -0.2) is 35.8 Å². The first-order valence-electron chi connectivity index (χ1n) is 9.23. The number of likely N-dealkylation sites (tertiary alicyclic amines) is 1. The van der Waals surface area contributed by atoms with Gasteiger partial charge in [0.15, 0.2) is 0 Å². The van der Waals surface area contributed by atoms with E-state index in [-0.39, 0.29) is 23.8 Å². The third-order valence-electron chi connectivity index (χ3n) is 4.80. The highest BCUT2D eigenvalue weighted by molar-refractivity contribution is 5.94. The van der Waals surface area contributed by atoms with Gasteiger partial charge in [-0.05, 0) is 32.3 Å².